The first-order valence-electron chi connectivity index (χ1n) is 9.70. The van der Waals surface area contributed by atoms with Crippen LogP contribution in [0.3, 0.4) is 0 Å². The highest BCUT2D eigenvalue weighted by Crippen LogP contribution is 2.27. The minimum Gasteiger partial charge on any atom is -0.378 e. The van der Waals surface area contributed by atoms with Crippen LogP contribution in [0.4, 0.5) is 5.95 Å². The molecule has 6 heteroatoms. The van der Waals surface area contributed by atoms with Crippen molar-refractivity contribution in [3.8, 4) is 11.8 Å². The van der Waals surface area contributed by atoms with E-state index in [9.17, 15) is 5.26 Å². The molecular weight excluding hydrogens is 362 g/mol. The summed E-state index contributed by atoms with van der Waals surface area (Å²) in [4.78, 5) is 2.15. The number of aromatic nitrogens is 3. The van der Waals surface area contributed by atoms with Crippen LogP contribution in [0.25, 0.3) is 17.3 Å². The maximum Gasteiger partial charge on any atom is 0.232 e. The van der Waals surface area contributed by atoms with Gasteiger partial charge < -0.3 is 9.64 Å². The molecule has 2 heterocycles. The Balaban J connectivity index is 1.85. The molecule has 1 fully saturated rings. The summed E-state index contributed by atoms with van der Waals surface area (Å²) in [5, 5.41) is 18.8. The summed E-state index contributed by atoms with van der Waals surface area (Å²) in [6, 6.07) is 18.5. The van der Waals surface area contributed by atoms with Gasteiger partial charge in [0, 0.05) is 13.1 Å². The fraction of sp³-hybridized carbons (Fsp3) is 0.261. The van der Waals surface area contributed by atoms with Crippen LogP contribution in [0, 0.1) is 25.2 Å². The Kier molecular flexibility index (Phi) is 5.41. The number of morpholine rings is 1. The van der Waals surface area contributed by atoms with E-state index in [2.05, 4.69) is 47.1 Å². The standard InChI is InChI=1S/C23H23N5O/c1-17-8-9-19(18(2)14-17)15-20(16-24)22-25-26-23(27-10-12-29-13-11-27)28(22)21-6-4-3-5-7-21/h3-9,14-15H,10-13H2,1-2H3/b20-15+. The van der Waals surface area contributed by atoms with Crippen LogP contribution in [0.15, 0.2) is 48.5 Å². The number of allylic oxidation sites excluding steroid dienone is 1. The highest BCUT2D eigenvalue weighted by Gasteiger charge is 2.23. The van der Waals surface area contributed by atoms with Gasteiger partial charge in [0.05, 0.1) is 24.5 Å². The second-order valence-electron chi connectivity index (χ2n) is 7.12. The van der Waals surface area contributed by atoms with Crippen LogP contribution in [0.2, 0.25) is 0 Å². The lowest BCUT2D eigenvalue weighted by Gasteiger charge is -2.28. The molecule has 4 rings (SSSR count). The van der Waals surface area contributed by atoms with Crippen molar-refractivity contribution in [2.45, 2.75) is 13.8 Å². The van der Waals surface area contributed by atoms with Gasteiger partial charge in [-0.15, -0.1) is 10.2 Å². The van der Waals surface area contributed by atoms with Crippen LogP contribution in [0.1, 0.15) is 22.5 Å². The van der Waals surface area contributed by atoms with Gasteiger partial charge in [-0.2, -0.15) is 5.26 Å². The molecule has 1 aromatic heterocycles. The van der Waals surface area contributed by atoms with Crippen LogP contribution < -0.4 is 4.90 Å². The fourth-order valence-electron chi connectivity index (χ4n) is 3.52. The SMILES string of the molecule is Cc1ccc(/C=C(\C#N)c2nnc(N3CCOCC3)n2-c2ccccc2)c(C)c1. The molecule has 3 aromatic rings. The zero-order valence-electron chi connectivity index (χ0n) is 16.7. The summed E-state index contributed by atoms with van der Waals surface area (Å²) in [5.41, 5.74) is 4.73. The molecule has 1 aliphatic heterocycles. The van der Waals surface area contributed by atoms with E-state index in [-0.39, 0.29) is 0 Å². The minimum absolute atomic E-state index is 0.479. The van der Waals surface area contributed by atoms with E-state index in [1.165, 1.54) is 5.56 Å². The number of benzene rings is 2. The van der Waals surface area contributed by atoms with Crippen molar-refractivity contribution >= 4 is 17.6 Å². The van der Waals surface area contributed by atoms with Crippen LogP contribution in [0.5, 0.6) is 0 Å². The quantitative estimate of drug-likeness (QED) is 0.639. The largest absolute Gasteiger partial charge is 0.378 e. The molecule has 0 saturated carbocycles. The summed E-state index contributed by atoms with van der Waals surface area (Å²) < 4.78 is 7.44. The molecule has 0 bridgehead atoms. The smallest absolute Gasteiger partial charge is 0.232 e. The van der Waals surface area contributed by atoms with Crippen LogP contribution in [-0.4, -0.2) is 41.1 Å². The first kappa shape index (κ1) is 18.9. The highest BCUT2D eigenvalue weighted by molar-refractivity contribution is 5.88. The molecule has 0 spiro atoms. The zero-order chi connectivity index (χ0) is 20.2. The third-order valence-electron chi connectivity index (χ3n) is 5.04. The summed E-state index contributed by atoms with van der Waals surface area (Å²) in [5.74, 6) is 1.27. The number of aryl methyl sites for hydroxylation is 2. The number of para-hydroxylation sites is 1. The van der Waals surface area contributed by atoms with Gasteiger partial charge in [0.2, 0.25) is 5.95 Å². The topological polar surface area (TPSA) is 67.0 Å². The predicted molar refractivity (Wildman–Crippen MR) is 114 cm³/mol. The zero-order valence-corrected chi connectivity index (χ0v) is 16.7. The fourth-order valence-corrected chi connectivity index (χ4v) is 3.52. The first-order valence-corrected chi connectivity index (χ1v) is 9.70. The van der Waals surface area contributed by atoms with Crippen molar-refractivity contribution in [3.63, 3.8) is 0 Å². The van der Waals surface area contributed by atoms with E-state index in [1.807, 2.05) is 47.0 Å². The average Bonchev–Trinajstić information content (AvgIpc) is 3.19. The van der Waals surface area contributed by atoms with Gasteiger partial charge in [-0.05, 0) is 43.2 Å². The lowest BCUT2D eigenvalue weighted by Crippen LogP contribution is -2.38. The molecule has 29 heavy (non-hydrogen) atoms. The lowest BCUT2D eigenvalue weighted by atomic mass is 10.0. The van der Waals surface area contributed by atoms with Crippen molar-refractivity contribution in [3.05, 3.63) is 71.0 Å². The molecule has 0 aliphatic carbocycles. The van der Waals surface area contributed by atoms with Crippen LogP contribution >= 0.6 is 0 Å². The molecular formula is C23H23N5O. The maximum atomic E-state index is 9.94. The van der Waals surface area contributed by atoms with Crippen molar-refractivity contribution in [2.24, 2.45) is 0 Å². The predicted octanol–water partition coefficient (Wildman–Crippen LogP) is 3.78. The Labute approximate surface area is 170 Å². The maximum absolute atomic E-state index is 9.94. The minimum atomic E-state index is 0.479. The van der Waals surface area contributed by atoms with E-state index in [1.54, 1.807) is 0 Å². The Bertz CT molecular complexity index is 1070. The van der Waals surface area contributed by atoms with E-state index < -0.39 is 0 Å². The number of hydrogen-bond donors (Lipinski definition) is 0. The van der Waals surface area contributed by atoms with Gasteiger partial charge in [0.15, 0.2) is 5.82 Å². The van der Waals surface area contributed by atoms with Gasteiger partial charge in [-0.1, -0.05) is 42.0 Å². The molecule has 6 nitrogen and oxygen atoms in total. The third-order valence-corrected chi connectivity index (χ3v) is 5.04. The van der Waals surface area contributed by atoms with Crippen molar-refractivity contribution in [2.75, 3.05) is 31.2 Å². The number of hydrogen-bond acceptors (Lipinski definition) is 5. The average molecular weight is 385 g/mol. The summed E-state index contributed by atoms with van der Waals surface area (Å²) in [7, 11) is 0. The van der Waals surface area contributed by atoms with E-state index in [0.717, 1.165) is 35.9 Å². The first-order chi connectivity index (χ1) is 14.2. The summed E-state index contributed by atoms with van der Waals surface area (Å²) >= 11 is 0. The number of anilines is 1. The monoisotopic (exact) mass is 385 g/mol. The Hall–Kier alpha value is -3.43. The Morgan fingerprint density at radius 1 is 1.07 bits per heavy atom. The Morgan fingerprint density at radius 3 is 2.52 bits per heavy atom. The second-order valence-corrected chi connectivity index (χ2v) is 7.12. The van der Waals surface area contributed by atoms with Crippen molar-refractivity contribution in [1.29, 1.82) is 5.26 Å². The van der Waals surface area contributed by atoms with E-state index in [4.69, 9.17) is 4.74 Å². The molecule has 1 saturated heterocycles. The normalized spacial score (nSPS) is 14.7. The number of nitriles is 1. The molecule has 0 N–H and O–H groups in total. The number of ether oxygens (including phenoxy) is 1. The molecule has 1 aliphatic rings. The molecule has 146 valence electrons. The van der Waals surface area contributed by atoms with Gasteiger partial charge in [-0.25, -0.2) is 0 Å². The van der Waals surface area contributed by atoms with Crippen molar-refractivity contribution in [1.82, 2.24) is 14.8 Å². The number of nitrogens with zero attached hydrogens (tertiary/aromatic N) is 5. The van der Waals surface area contributed by atoms with Gasteiger partial charge in [0.25, 0.3) is 0 Å². The van der Waals surface area contributed by atoms with E-state index >= 15 is 0 Å². The molecule has 0 radical (unpaired) electrons. The van der Waals surface area contributed by atoms with Crippen LogP contribution in [-0.2, 0) is 4.74 Å². The summed E-state index contributed by atoms with van der Waals surface area (Å²) in [6.45, 7) is 6.91. The molecule has 0 atom stereocenters. The highest BCUT2D eigenvalue weighted by atomic mass is 16.5. The van der Waals surface area contributed by atoms with Gasteiger partial charge in [-0.3, -0.25) is 4.57 Å². The number of rotatable bonds is 4. The molecule has 0 unspecified atom stereocenters. The summed E-state index contributed by atoms with van der Waals surface area (Å²) in [6.07, 6.45) is 1.89. The Morgan fingerprint density at radius 2 is 1.83 bits per heavy atom. The van der Waals surface area contributed by atoms with E-state index in [0.29, 0.717) is 24.6 Å². The van der Waals surface area contributed by atoms with Gasteiger partial charge >= 0.3 is 0 Å². The lowest BCUT2D eigenvalue weighted by molar-refractivity contribution is 0.122. The molecule has 0 amide bonds. The second kappa shape index (κ2) is 8.29. The van der Waals surface area contributed by atoms with Crippen molar-refractivity contribution < 1.29 is 4.74 Å². The van der Waals surface area contributed by atoms with Gasteiger partial charge in [0.1, 0.15) is 6.07 Å². The molecule has 2 aromatic carbocycles. The third kappa shape index (κ3) is 3.91.